The van der Waals surface area contributed by atoms with E-state index in [1.807, 2.05) is 30.3 Å². The van der Waals surface area contributed by atoms with Crippen LogP contribution in [0, 0.1) is 12.8 Å². The Morgan fingerprint density at radius 1 is 1.03 bits per heavy atom. The highest BCUT2D eigenvalue weighted by molar-refractivity contribution is 7.21. The minimum atomic E-state index is -0.308. The molecular weight excluding hydrogens is 394 g/mol. The number of aryl methyl sites for hydroxylation is 1. The van der Waals surface area contributed by atoms with Crippen LogP contribution in [0.2, 0.25) is 0 Å². The molecule has 0 saturated carbocycles. The molecule has 1 aromatic heterocycles. The molecule has 2 saturated heterocycles. The second-order valence-corrected chi connectivity index (χ2v) is 9.57. The summed E-state index contributed by atoms with van der Waals surface area (Å²) in [6.07, 6.45) is 2.47. The molecule has 2 aliphatic rings. The molecule has 1 atom stereocenters. The molecule has 0 radical (unpaired) electrons. The van der Waals surface area contributed by atoms with Crippen LogP contribution in [0.15, 0.2) is 42.5 Å². The van der Waals surface area contributed by atoms with E-state index in [1.165, 1.54) is 10.5 Å². The van der Waals surface area contributed by atoms with Crippen molar-refractivity contribution in [1.29, 1.82) is 0 Å². The van der Waals surface area contributed by atoms with Gasteiger partial charge in [0.15, 0.2) is 0 Å². The Hall–Kier alpha value is -2.57. The molecule has 0 unspecified atom stereocenters. The third kappa shape index (κ3) is 3.44. The van der Waals surface area contributed by atoms with Crippen molar-refractivity contribution in [2.24, 2.45) is 5.92 Å². The molecule has 30 heavy (non-hydrogen) atoms. The highest BCUT2D eigenvalue weighted by Crippen LogP contribution is 2.33. The number of fused-ring (bicyclic) bond motifs is 1. The second kappa shape index (κ2) is 7.60. The normalized spacial score (nSPS) is 21.1. The van der Waals surface area contributed by atoms with Crippen LogP contribution < -0.4 is 4.90 Å². The Morgan fingerprint density at radius 3 is 2.50 bits per heavy atom. The molecule has 0 spiro atoms. The smallest absolute Gasteiger partial charge is 0.251 e. The van der Waals surface area contributed by atoms with E-state index in [2.05, 4.69) is 30.9 Å². The maximum atomic E-state index is 13.1. The first-order chi connectivity index (χ1) is 14.5. The number of hydrogen-bond donors (Lipinski definition) is 0. The second-order valence-electron chi connectivity index (χ2n) is 8.54. The van der Waals surface area contributed by atoms with E-state index in [0.717, 1.165) is 46.7 Å². The van der Waals surface area contributed by atoms with E-state index in [9.17, 15) is 9.59 Å². The van der Waals surface area contributed by atoms with Gasteiger partial charge in [0.25, 0.3) is 5.91 Å². The molecular formula is C24H25N3O2S. The van der Waals surface area contributed by atoms with Crippen LogP contribution in [0.4, 0.5) is 5.69 Å². The van der Waals surface area contributed by atoms with Crippen LogP contribution in [-0.4, -0.2) is 40.8 Å². The number of piperidine rings is 1. The third-order valence-electron chi connectivity index (χ3n) is 6.30. The van der Waals surface area contributed by atoms with Crippen LogP contribution in [-0.2, 0) is 9.59 Å². The van der Waals surface area contributed by atoms with E-state index in [-0.39, 0.29) is 24.3 Å². The molecule has 2 amide bonds. The van der Waals surface area contributed by atoms with Gasteiger partial charge in [-0.05, 0) is 80.7 Å². The molecule has 2 aliphatic heterocycles. The van der Waals surface area contributed by atoms with Gasteiger partial charge in [0.2, 0.25) is 5.91 Å². The van der Waals surface area contributed by atoms with Crippen molar-refractivity contribution < 1.29 is 9.59 Å². The first kappa shape index (κ1) is 19.4. The number of amides is 2. The minimum absolute atomic E-state index is 0.0854. The van der Waals surface area contributed by atoms with Crippen molar-refractivity contribution in [2.75, 3.05) is 18.0 Å². The number of carbonyl (C=O) groups is 2. The molecule has 0 bridgehead atoms. The average molecular weight is 420 g/mol. The number of anilines is 1. The molecule has 3 aromatic rings. The third-order valence-corrected chi connectivity index (χ3v) is 7.37. The van der Waals surface area contributed by atoms with Crippen LogP contribution >= 0.6 is 11.3 Å². The lowest BCUT2D eigenvalue weighted by atomic mass is 9.97. The number of nitrogens with zero attached hydrogens (tertiary/aromatic N) is 3. The molecule has 2 aromatic carbocycles. The number of aromatic nitrogens is 1. The van der Waals surface area contributed by atoms with Gasteiger partial charge in [0, 0.05) is 5.56 Å². The minimum Gasteiger partial charge on any atom is -0.292 e. The summed E-state index contributed by atoms with van der Waals surface area (Å²) in [4.78, 5) is 34.0. The monoisotopic (exact) mass is 419 g/mol. The van der Waals surface area contributed by atoms with Crippen molar-refractivity contribution in [2.45, 2.75) is 39.2 Å². The van der Waals surface area contributed by atoms with Gasteiger partial charge in [0.05, 0.1) is 28.4 Å². The zero-order valence-corrected chi connectivity index (χ0v) is 18.1. The number of carbonyl (C=O) groups excluding carboxylic acids is 2. The Kier molecular flexibility index (Phi) is 4.91. The number of rotatable bonds is 3. The van der Waals surface area contributed by atoms with Crippen LogP contribution in [0.1, 0.15) is 31.7 Å². The van der Waals surface area contributed by atoms with Gasteiger partial charge in [-0.25, -0.2) is 9.88 Å². The largest absolute Gasteiger partial charge is 0.292 e. The maximum absolute atomic E-state index is 13.1. The number of likely N-dealkylation sites (tertiary alicyclic amines) is 1. The topological polar surface area (TPSA) is 53.5 Å². The molecule has 5 nitrogen and oxygen atoms in total. The van der Waals surface area contributed by atoms with Gasteiger partial charge in [-0.1, -0.05) is 13.0 Å². The van der Waals surface area contributed by atoms with Crippen molar-refractivity contribution in [3.63, 3.8) is 0 Å². The Bertz CT molecular complexity index is 1110. The molecule has 6 heteroatoms. The standard InChI is InChI=1S/C24H25N3O2S/c1-15-9-11-26(12-10-15)20-14-22(28)27(24(20)29)18-6-4-17(5-7-18)23-25-19-8-3-16(2)13-21(19)30-23/h3-8,13,15,20H,9-12,14H2,1-2H3/t20-/m1/s1. The predicted molar refractivity (Wildman–Crippen MR) is 121 cm³/mol. The number of benzene rings is 2. The summed E-state index contributed by atoms with van der Waals surface area (Å²) < 4.78 is 1.16. The fraction of sp³-hybridized carbons (Fsp3) is 0.375. The predicted octanol–water partition coefficient (Wildman–Crippen LogP) is 4.64. The van der Waals surface area contributed by atoms with Gasteiger partial charge >= 0.3 is 0 Å². The summed E-state index contributed by atoms with van der Waals surface area (Å²) in [5.41, 5.74) is 3.86. The zero-order chi connectivity index (χ0) is 20.8. The van der Waals surface area contributed by atoms with Gasteiger partial charge in [0.1, 0.15) is 5.01 Å². The van der Waals surface area contributed by atoms with Crippen LogP contribution in [0.25, 0.3) is 20.8 Å². The first-order valence-corrected chi connectivity index (χ1v) is 11.4. The lowest BCUT2D eigenvalue weighted by molar-refractivity contribution is -0.123. The zero-order valence-electron chi connectivity index (χ0n) is 17.3. The van der Waals surface area contributed by atoms with Crippen molar-refractivity contribution in [3.8, 4) is 10.6 Å². The molecule has 3 heterocycles. The number of thiazole rings is 1. The maximum Gasteiger partial charge on any atom is 0.251 e. The SMILES string of the molecule is Cc1ccc2nc(-c3ccc(N4C(=O)C[C@@H](N5CCC(C)CC5)C4=O)cc3)sc2c1. The van der Waals surface area contributed by atoms with E-state index >= 15 is 0 Å². The Labute approximate surface area is 180 Å². The van der Waals surface area contributed by atoms with E-state index in [0.29, 0.717) is 11.6 Å². The highest BCUT2D eigenvalue weighted by Gasteiger charge is 2.43. The molecule has 154 valence electrons. The fourth-order valence-electron chi connectivity index (χ4n) is 4.42. The molecule has 0 N–H and O–H groups in total. The highest BCUT2D eigenvalue weighted by atomic mass is 32.1. The van der Waals surface area contributed by atoms with Gasteiger partial charge < -0.3 is 0 Å². The average Bonchev–Trinajstić information content (AvgIpc) is 3.29. The molecule has 0 aliphatic carbocycles. The van der Waals surface area contributed by atoms with E-state index < -0.39 is 0 Å². The van der Waals surface area contributed by atoms with Crippen LogP contribution in [0.3, 0.4) is 0 Å². The lowest BCUT2D eigenvalue weighted by Gasteiger charge is -2.33. The van der Waals surface area contributed by atoms with Crippen molar-refractivity contribution in [1.82, 2.24) is 9.88 Å². The number of imide groups is 1. The fourth-order valence-corrected chi connectivity index (χ4v) is 5.49. The van der Waals surface area contributed by atoms with Gasteiger partial charge in [-0.2, -0.15) is 0 Å². The molecule has 5 rings (SSSR count). The van der Waals surface area contributed by atoms with Gasteiger partial charge in [-0.15, -0.1) is 11.3 Å². The quantitative estimate of drug-likeness (QED) is 0.581. The van der Waals surface area contributed by atoms with E-state index in [1.54, 1.807) is 11.3 Å². The Balaban J connectivity index is 1.37. The summed E-state index contributed by atoms with van der Waals surface area (Å²) >= 11 is 1.66. The van der Waals surface area contributed by atoms with Crippen molar-refractivity contribution >= 4 is 39.1 Å². The summed E-state index contributed by atoms with van der Waals surface area (Å²) in [5.74, 6) is 0.508. The van der Waals surface area contributed by atoms with Crippen molar-refractivity contribution in [3.05, 3.63) is 48.0 Å². The summed E-state index contributed by atoms with van der Waals surface area (Å²) in [5, 5.41) is 0.946. The van der Waals surface area contributed by atoms with Crippen LogP contribution in [0.5, 0.6) is 0 Å². The first-order valence-electron chi connectivity index (χ1n) is 10.6. The summed E-state index contributed by atoms with van der Waals surface area (Å²) in [6.45, 7) is 6.12. The lowest BCUT2D eigenvalue weighted by Crippen LogP contribution is -2.45. The Morgan fingerprint density at radius 2 is 1.77 bits per heavy atom. The summed E-state index contributed by atoms with van der Waals surface area (Å²) in [7, 11) is 0. The molecule has 2 fully saturated rings. The number of hydrogen-bond acceptors (Lipinski definition) is 5. The van der Waals surface area contributed by atoms with E-state index in [4.69, 9.17) is 4.98 Å². The van der Waals surface area contributed by atoms with Gasteiger partial charge in [-0.3, -0.25) is 14.5 Å². The summed E-state index contributed by atoms with van der Waals surface area (Å²) in [6, 6.07) is 13.6.